The molecule has 0 aliphatic carbocycles. The van der Waals surface area contributed by atoms with Gasteiger partial charge in [0.25, 0.3) is 0 Å². The maximum absolute atomic E-state index is 11.6. The van der Waals surface area contributed by atoms with Crippen LogP contribution in [-0.4, -0.2) is 18.1 Å². The molecule has 1 unspecified atom stereocenters. The summed E-state index contributed by atoms with van der Waals surface area (Å²) in [6.45, 7) is 4.06. The van der Waals surface area contributed by atoms with E-state index in [0.717, 1.165) is 22.2 Å². The Kier molecular flexibility index (Phi) is 6.42. The number of ether oxygens (including phenoxy) is 2. The van der Waals surface area contributed by atoms with Crippen LogP contribution in [0.2, 0.25) is 10.0 Å². The molecule has 0 saturated carbocycles. The number of aromatic nitrogens is 1. The van der Waals surface area contributed by atoms with Crippen LogP contribution >= 0.6 is 23.2 Å². The van der Waals surface area contributed by atoms with Crippen LogP contribution in [0, 0.1) is 6.92 Å². The van der Waals surface area contributed by atoms with Gasteiger partial charge in [0.15, 0.2) is 0 Å². The first-order valence-corrected chi connectivity index (χ1v) is 9.69. The quantitative estimate of drug-likeness (QED) is 0.454. The molecule has 1 heterocycles. The molecule has 6 heteroatoms. The Bertz CT molecular complexity index is 1020. The van der Waals surface area contributed by atoms with Gasteiger partial charge < -0.3 is 9.47 Å². The summed E-state index contributed by atoms with van der Waals surface area (Å²) in [5, 5.41) is 2.03. The monoisotopic (exact) mass is 417 g/mol. The molecule has 0 saturated heterocycles. The van der Waals surface area contributed by atoms with Crippen molar-refractivity contribution in [3.8, 4) is 5.75 Å². The number of hydrogen-bond donors (Lipinski definition) is 0. The standard InChI is InChI=1S/C22H21Cl2NO3/c1-13(11-20(26)27-3)16-9-10-18(23)17(21(16)24)12-28-19-6-4-5-15-8-7-14(2)25-22(15)19/h4-10,13H,11-12H2,1-3H3. The van der Waals surface area contributed by atoms with Crippen LogP contribution in [0.5, 0.6) is 5.75 Å². The molecular formula is C22H21Cl2NO3. The van der Waals surface area contributed by atoms with Gasteiger partial charge in [0.05, 0.1) is 18.6 Å². The number of esters is 1. The van der Waals surface area contributed by atoms with Gasteiger partial charge in [-0.2, -0.15) is 0 Å². The molecule has 2 aromatic carbocycles. The van der Waals surface area contributed by atoms with Crippen LogP contribution < -0.4 is 4.74 Å². The van der Waals surface area contributed by atoms with E-state index >= 15 is 0 Å². The Morgan fingerprint density at radius 3 is 2.68 bits per heavy atom. The van der Waals surface area contributed by atoms with E-state index in [9.17, 15) is 4.79 Å². The zero-order chi connectivity index (χ0) is 20.3. The van der Waals surface area contributed by atoms with Crippen LogP contribution in [-0.2, 0) is 16.1 Å². The average molecular weight is 418 g/mol. The fraction of sp³-hybridized carbons (Fsp3) is 0.273. The molecule has 0 N–H and O–H groups in total. The van der Waals surface area contributed by atoms with E-state index in [1.807, 2.05) is 50.2 Å². The lowest BCUT2D eigenvalue weighted by atomic mass is 9.96. The van der Waals surface area contributed by atoms with Gasteiger partial charge in [-0.3, -0.25) is 4.79 Å². The third-order valence-electron chi connectivity index (χ3n) is 4.64. The van der Waals surface area contributed by atoms with Crippen molar-refractivity contribution >= 4 is 40.1 Å². The molecule has 28 heavy (non-hydrogen) atoms. The summed E-state index contributed by atoms with van der Waals surface area (Å²) in [6.07, 6.45) is 0.241. The number of para-hydroxylation sites is 1. The van der Waals surface area contributed by atoms with Crippen molar-refractivity contribution in [2.45, 2.75) is 32.8 Å². The van der Waals surface area contributed by atoms with Crippen molar-refractivity contribution in [1.29, 1.82) is 0 Å². The summed E-state index contributed by atoms with van der Waals surface area (Å²) in [4.78, 5) is 16.2. The van der Waals surface area contributed by atoms with Gasteiger partial charge in [-0.25, -0.2) is 4.98 Å². The Hall–Kier alpha value is -2.30. The van der Waals surface area contributed by atoms with Gasteiger partial charge in [-0.1, -0.05) is 54.4 Å². The number of carbonyl (C=O) groups is 1. The minimum Gasteiger partial charge on any atom is -0.487 e. The predicted molar refractivity (Wildman–Crippen MR) is 112 cm³/mol. The van der Waals surface area contributed by atoms with E-state index in [0.29, 0.717) is 21.4 Å². The highest BCUT2D eigenvalue weighted by Crippen LogP contribution is 2.35. The summed E-state index contributed by atoms with van der Waals surface area (Å²) in [5.74, 6) is 0.285. The molecule has 0 radical (unpaired) electrons. The third kappa shape index (κ3) is 4.40. The number of nitrogens with zero attached hydrogens (tertiary/aromatic N) is 1. The lowest BCUT2D eigenvalue weighted by Gasteiger charge is -2.17. The van der Waals surface area contributed by atoms with E-state index in [1.165, 1.54) is 7.11 Å². The van der Waals surface area contributed by atoms with E-state index < -0.39 is 0 Å². The number of methoxy groups -OCH3 is 1. The number of rotatable bonds is 6. The lowest BCUT2D eigenvalue weighted by molar-refractivity contribution is -0.140. The SMILES string of the molecule is COC(=O)CC(C)c1ccc(Cl)c(COc2cccc3ccc(C)nc23)c1Cl. The number of carbonyl (C=O) groups excluding carboxylic acids is 1. The molecule has 0 aliphatic rings. The first-order chi connectivity index (χ1) is 13.4. The summed E-state index contributed by atoms with van der Waals surface area (Å²) in [6, 6.07) is 13.4. The normalized spacial score (nSPS) is 12.0. The Morgan fingerprint density at radius 1 is 1.14 bits per heavy atom. The van der Waals surface area contributed by atoms with Crippen molar-refractivity contribution in [3.05, 3.63) is 69.3 Å². The fourth-order valence-electron chi connectivity index (χ4n) is 3.06. The topological polar surface area (TPSA) is 48.4 Å². The molecule has 0 aliphatic heterocycles. The highest BCUT2D eigenvalue weighted by molar-refractivity contribution is 6.36. The molecule has 3 rings (SSSR count). The molecule has 3 aromatic rings. The smallest absolute Gasteiger partial charge is 0.306 e. The van der Waals surface area contributed by atoms with E-state index in [1.54, 1.807) is 6.07 Å². The maximum Gasteiger partial charge on any atom is 0.306 e. The molecule has 0 bridgehead atoms. The van der Waals surface area contributed by atoms with Crippen LogP contribution in [0.4, 0.5) is 0 Å². The second kappa shape index (κ2) is 8.80. The maximum atomic E-state index is 11.6. The van der Waals surface area contributed by atoms with E-state index in [4.69, 9.17) is 32.7 Å². The highest BCUT2D eigenvalue weighted by Gasteiger charge is 2.19. The Morgan fingerprint density at radius 2 is 1.93 bits per heavy atom. The van der Waals surface area contributed by atoms with Crippen molar-refractivity contribution in [1.82, 2.24) is 4.98 Å². The molecule has 4 nitrogen and oxygen atoms in total. The molecule has 1 aromatic heterocycles. The lowest BCUT2D eigenvalue weighted by Crippen LogP contribution is -2.08. The van der Waals surface area contributed by atoms with Crippen molar-refractivity contribution in [2.24, 2.45) is 0 Å². The van der Waals surface area contributed by atoms with Gasteiger partial charge in [0.1, 0.15) is 17.9 Å². The number of benzene rings is 2. The third-order valence-corrected chi connectivity index (χ3v) is 5.44. The first kappa shape index (κ1) is 20.4. The summed E-state index contributed by atoms with van der Waals surface area (Å²) < 4.78 is 10.8. The first-order valence-electron chi connectivity index (χ1n) is 8.93. The number of aryl methyl sites for hydroxylation is 1. The van der Waals surface area contributed by atoms with E-state index in [-0.39, 0.29) is 24.9 Å². The van der Waals surface area contributed by atoms with Gasteiger partial charge in [-0.15, -0.1) is 0 Å². The summed E-state index contributed by atoms with van der Waals surface area (Å²) in [7, 11) is 1.37. The molecule has 0 fully saturated rings. The van der Waals surface area contributed by atoms with Gasteiger partial charge in [0, 0.05) is 21.7 Å². The Balaban J connectivity index is 1.88. The van der Waals surface area contributed by atoms with Crippen LogP contribution in [0.25, 0.3) is 10.9 Å². The molecule has 0 spiro atoms. The van der Waals surface area contributed by atoms with Crippen LogP contribution in [0.3, 0.4) is 0 Å². The molecular weight excluding hydrogens is 397 g/mol. The number of fused-ring (bicyclic) bond motifs is 1. The highest BCUT2D eigenvalue weighted by atomic mass is 35.5. The van der Waals surface area contributed by atoms with Gasteiger partial charge >= 0.3 is 5.97 Å². The largest absolute Gasteiger partial charge is 0.487 e. The minimum absolute atomic E-state index is 0.0992. The van der Waals surface area contributed by atoms with Crippen LogP contribution in [0.15, 0.2) is 42.5 Å². The van der Waals surface area contributed by atoms with Gasteiger partial charge in [0.2, 0.25) is 0 Å². The second-order valence-electron chi connectivity index (χ2n) is 6.68. The van der Waals surface area contributed by atoms with Crippen LogP contribution in [0.1, 0.15) is 36.1 Å². The molecule has 146 valence electrons. The summed E-state index contributed by atoms with van der Waals surface area (Å²) >= 11 is 13.0. The number of hydrogen-bond acceptors (Lipinski definition) is 4. The van der Waals surface area contributed by atoms with E-state index in [2.05, 4.69) is 4.98 Å². The number of pyridine rings is 1. The molecule has 0 amide bonds. The fourth-order valence-corrected chi connectivity index (χ4v) is 3.72. The predicted octanol–water partition coefficient (Wildman–Crippen LogP) is 6.10. The zero-order valence-electron chi connectivity index (χ0n) is 16.0. The number of halogens is 2. The van der Waals surface area contributed by atoms with Gasteiger partial charge in [-0.05, 0) is 36.6 Å². The Labute approximate surface area is 174 Å². The summed E-state index contributed by atoms with van der Waals surface area (Å²) in [5.41, 5.74) is 3.23. The van der Waals surface area contributed by atoms with Crippen molar-refractivity contribution in [3.63, 3.8) is 0 Å². The molecule has 1 atom stereocenters. The zero-order valence-corrected chi connectivity index (χ0v) is 17.5. The second-order valence-corrected chi connectivity index (χ2v) is 7.46. The average Bonchev–Trinajstić information content (AvgIpc) is 2.67. The minimum atomic E-state index is -0.284. The van der Waals surface area contributed by atoms with Crippen molar-refractivity contribution < 1.29 is 14.3 Å². The van der Waals surface area contributed by atoms with Crippen molar-refractivity contribution in [2.75, 3.05) is 7.11 Å².